The molecule has 0 aliphatic rings. The topological polar surface area (TPSA) is 0 Å². The second-order valence-corrected chi connectivity index (χ2v) is 3.29. The molecule has 0 unspecified atom stereocenters. The fourth-order valence-corrected chi connectivity index (χ4v) is 0. The van der Waals surface area contributed by atoms with Crippen LogP contribution in [0.2, 0.25) is 0 Å². The fourth-order valence-electron chi connectivity index (χ4n) is 0. The van der Waals surface area contributed by atoms with Crippen LogP contribution in [-0.4, -0.2) is 8.79 Å². The molecule has 0 aliphatic carbocycles. The Bertz CT molecular complexity index is 54.3. The van der Waals surface area contributed by atoms with Crippen molar-refractivity contribution in [2.45, 2.75) is 3.79 Å². The molecular weight excluding hydrogens is 189 g/mol. The van der Waals surface area contributed by atoms with Gasteiger partial charge >= 0.3 is 58.6 Å². The molecule has 0 aromatic rings. The van der Waals surface area contributed by atoms with Gasteiger partial charge in [-0.15, -0.1) is 0 Å². The van der Waals surface area contributed by atoms with Gasteiger partial charge in [-0.3, -0.25) is 0 Å². The maximum atomic E-state index is 5.10. The monoisotopic (exact) mass is 188 g/mol. The maximum absolute atomic E-state index is 5.10. The quantitative estimate of drug-likeness (QED) is 0.403. The van der Waals surface area contributed by atoms with Gasteiger partial charge in [0.25, 0.3) is 0 Å². The predicted octanol–water partition coefficient (Wildman–Crippen LogP) is 1.71. The van der Waals surface area contributed by atoms with Crippen molar-refractivity contribution in [3.05, 3.63) is 0 Å². The number of hydrogen-bond donors (Lipinski definition) is 0. The van der Waals surface area contributed by atoms with Crippen LogP contribution in [0.3, 0.4) is 0 Å². The summed E-state index contributed by atoms with van der Waals surface area (Å²) in [4.78, 5) is 1.11. The first-order valence-electron chi connectivity index (χ1n) is 1.04. The van der Waals surface area contributed by atoms with Gasteiger partial charge in [0, 0.05) is 0 Å². The van der Waals surface area contributed by atoms with E-state index >= 15 is 0 Å². The minimum atomic E-state index is -1.33. The van der Waals surface area contributed by atoms with Crippen LogP contribution in [0, 0.1) is 0 Å². The van der Waals surface area contributed by atoms with Crippen molar-refractivity contribution in [2.24, 2.45) is 0 Å². The van der Waals surface area contributed by atoms with E-state index in [0.717, 1.165) is 4.99 Å². The van der Waals surface area contributed by atoms with Gasteiger partial charge in [0.05, 0.1) is 0 Å². The molecule has 0 aromatic carbocycles. The van der Waals surface area contributed by atoms with Crippen LogP contribution in [0.15, 0.2) is 0 Å². The first-order valence-corrected chi connectivity index (χ1v) is 2.74. The second-order valence-electron chi connectivity index (χ2n) is 0.633. The van der Waals surface area contributed by atoms with Crippen molar-refractivity contribution in [1.29, 1.82) is 0 Å². The van der Waals surface area contributed by atoms with E-state index in [1.54, 1.807) is 0 Å². The average molecular weight is 190 g/mol. The molecule has 0 nitrogen and oxygen atoms in total. The molecule has 0 amide bonds. The van der Waals surface area contributed by atoms with Crippen molar-refractivity contribution in [1.82, 2.24) is 0 Å². The van der Waals surface area contributed by atoms with E-state index in [1.807, 2.05) is 0 Å². The molecule has 0 aliphatic heterocycles. The first-order chi connectivity index (χ1) is 2.56. The normalized spacial score (nSPS) is 11.5. The Morgan fingerprint density at radius 2 is 1.50 bits per heavy atom. The summed E-state index contributed by atoms with van der Waals surface area (Å²) in [5, 5.41) is 0. The molecule has 0 atom stereocenters. The second kappa shape index (κ2) is 2.52. The van der Waals surface area contributed by atoms with Gasteiger partial charge in [-0.25, -0.2) is 0 Å². The van der Waals surface area contributed by atoms with E-state index in [1.165, 1.54) is 0 Å². The third-order valence-corrected chi connectivity index (χ3v) is 1.28. The summed E-state index contributed by atoms with van der Waals surface area (Å²) in [5.41, 5.74) is 0. The van der Waals surface area contributed by atoms with E-state index in [0.29, 0.717) is 0 Å². The van der Waals surface area contributed by atoms with E-state index in [4.69, 9.17) is 34.8 Å². The van der Waals surface area contributed by atoms with Crippen molar-refractivity contribution >= 4 is 39.8 Å². The zero-order valence-corrected chi connectivity index (χ0v) is 5.78. The summed E-state index contributed by atoms with van der Waals surface area (Å²) in [5.74, 6) is 0. The van der Waals surface area contributed by atoms with Crippen LogP contribution >= 0.6 is 34.8 Å². The zero-order chi connectivity index (χ0) is 5.21. The van der Waals surface area contributed by atoms with Gasteiger partial charge in [-0.2, -0.15) is 0 Å². The van der Waals surface area contributed by atoms with Gasteiger partial charge < -0.3 is 0 Å². The first kappa shape index (κ1) is 7.23. The molecular formula is C2HCl3Ni. The van der Waals surface area contributed by atoms with E-state index in [9.17, 15) is 0 Å². The van der Waals surface area contributed by atoms with Crippen molar-refractivity contribution in [3.63, 3.8) is 0 Å². The van der Waals surface area contributed by atoms with Crippen molar-refractivity contribution < 1.29 is 15.0 Å². The van der Waals surface area contributed by atoms with Crippen molar-refractivity contribution in [2.75, 3.05) is 0 Å². The van der Waals surface area contributed by atoms with Gasteiger partial charge in [-0.1, -0.05) is 0 Å². The molecule has 0 bridgehead atoms. The van der Waals surface area contributed by atoms with Gasteiger partial charge in [0.2, 0.25) is 0 Å². The Balaban J connectivity index is 3.45. The molecule has 0 saturated carbocycles. The molecule has 0 spiro atoms. The summed E-state index contributed by atoms with van der Waals surface area (Å²) >= 11 is 19.3. The molecule has 0 fully saturated rings. The van der Waals surface area contributed by atoms with Crippen LogP contribution in [-0.2, 0) is 15.0 Å². The van der Waals surface area contributed by atoms with Crippen LogP contribution in [0.1, 0.15) is 0 Å². The molecule has 40 valence electrons. The summed E-state index contributed by atoms with van der Waals surface area (Å²) in [6.45, 7) is 0. The zero-order valence-electron chi connectivity index (χ0n) is 2.53. The van der Waals surface area contributed by atoms with Gasteiger partial charge in [0.1, 0.15) is 0 Å². The molecule has 0 heterocycles. The number of halogens is 3. The molecule has 0 aromatic heterocycles. The van der Waals surface area contributed by atoms with Crippen LogP contribution in [0.25, 0.3) is 0 Å². The van der Waals surface area contributed by atoms with Crippen LogP contribution in [0.4, 0.5) is 0 Å². The molecule has 0 saturated heterocycles. The number of alkyl halides is 3. The standard InChI is InChI=1S/C2HCl3.Ni/c1-2(3,4)5;/h1H;. The van der Waals surface area contributed by atoms with E-state index < -0.39 is 3.79 Å². The molecule has 0 N–H and O–H groups in total. The fraction of sp³-hybridized carbons (Fsp3) is 0.500. The molecule has 6 heavy (non-hydrogen) atoms. The van der Waals surface area contributed by atoms with Crippen LogP contribution in [0.5, 0.6) is 0 Å². The molecule has 0 radical (unpaired) electrons. The number of rotatable bonds is 0. The Hall–Kier alpha value is 1.23. The summed E-state index contributed by atoms with van der Waals surface area (Å²) in [7, 11) is 0. The Kier molecular flexibility index (Phi) is 3.04. The summed E-state index contributed by atoms with van der Waals surface area (Å²) < 4.78 is -1.33. The number of hydrogen-bond acceptors (Lipinski definition) is 0. The van der Waals surface area contributed by atoms with Crippen molar-refractivity contribution in [3.8, 4) is 0 Å². The summed E-state index contributed by atoms with van der Waals surface area (Å²) in [6.07, 6.45) is 0. The van der Waals surface area contributed by atoms with Gasteiger partial charge in [0.15, 0.2) is 0 Å². The summed E-state index contributed by atoms with van der Waals surface area (Å²) in [6, 6.07) is 0. The minimum absolute atomic E-state index is 1.11. The van der Waals surface area contributed by atoms with E-state index in [-0.39, 0.29) is 0 Å². The van der Waals surface area contributed by atoms with Crippen LogP contribution < -0.4 is 0 Å². The molecule has 4 heteroatoms. The predicted molar refractivity (Wildman–Crippen MR) is 26.4 cm³/mol. The van der Waals surface area contributed by atoms with E-state index in [2.05, 4.69) is 15.0 Å². The third kappa shape index (κ3) is 5.23. The third-order valence-electron chi connectivity index (χ3n) is 0.104. The average Bonchev–Trinajstić information content (AvgIpc) is 1.35. The Morgan fingerprint density at radius 3 is 1.50 bits per heavy atom. The Morgan fingerprint density at radius 1 is 1.33 bits per heavy atom. The Labute approximate surface area is 58.7 Å². The SMILES string of the molecule is ClC(Cl)(Cl)[CH]=[Ni]. The van der Waals surface area contributed by atoms with Gasteiger partial charge in [-0.05, 0) is 0 Å². The molecule has 0 rings (SSSR count).